The monoisotopic (exact) mass is 520 g/mol. The van der Waals surface area contributed by atoms with Crippen LogP contribution in [0.3, 0.4) is 0 Å². The van der Waals surface area contributed by atoms with E-state index in [-0.39, 0.29) is 24.0 Å². The van der Waals surface area contributed by atoms with Crippen LogP contribution >= 0.6 is 47.5 Å². The van der Waals surface area contributed by atoms with Crippen molar-refractivity contribution in [1.82, 2.24) is 25.4 Å². The van der Waals surface area contributed by atoms with Crippen LogP contribution in [-0.4, -0.2) is 58.1 Å². The molecule has 0 unspecified atom stereocenters. The normalized spacial score (nSPS) is 11.1. The molecule has 0 spiro atoms. The summed E-state index contributed by atoms with van der Waals surface area (Å²) >= 11 is 3.66. The summed E-state index contributed by atoms with van der Waals surface area (Å²) in [5.41, 5.74) is 0. The fraction of sp³-hybridized carbons (Fsp3) is 0.500. The third-order valence-corrected chi connectivity index (χ3v) is 5.23. The molecule has 6 nitrogen and oxygen atoms in total. The fourth-order valence-electron chi connectivity index (χ4n) is 2.31. The van der Waals surface area contributed by atoms with E-state index in [1.165, 1.54) is 4.90 Å². The topological polar surface area (TPSA) is 67.1 Å². The molecule has 1 aromatic carbocycles. The van der Waals surface area contributed by atoms with Gasteiger partial charge in [-0.15, -0.1) is 45.9 Å². The van der Waals surface area contributed by atoms with Gasteiger partial charge < -0.3 is 15.2 Å². The molecule has 0 bridgehead atoms. The number of aromatic nitrogens is 3. The minimum atomic E-state index is 0. The maximum Gasteiger partial charge on any atom is 0.191 e. The van der Waals surface area contributed by atoms with Gasteiger partial charge in [-0.05, 0) is 18.4 Å². The average molecular weight is 521 g/mol. The van der Waals surface area contributed by atoms with Gasteiger partial charge in [-0.3, -0.25) is 4.99 Å². The van der Waals surface area contributed by atoms with E-state index in [1.54, 1.807) is 6.33 Å². The van der Waals surface area contributed by atoms with Crippen LogP contribution in [0.1, 0.15) is 12.7 Å². The number of halogens is 1. The third kappa shape index (κ3) is 9.70. The number of nitrogens with zero attached hydrogens (tertiary/aromatic N) is 4. The van der Waals surface area contributed by atoms with E-state index in [0.717, 1.165) is 55.9 Å². The second-order valence-electron chi connectivity index (χ2n) is 5.53. The number of hydrogen-bond acceptors (Lipinski definition) is 5. The Labute approximate surface area is 187 Å². The Hall–Kier alpha value is -0.940. The maximum atomic E-state index is 4.64. The van der Waals surface area contributed by atoms with Gasteiger partial charge in [0.15, 0.2) is 5.96 Å². The minimum Gasteiger partial charge on any atom is -0.356 e. The van der Waals surface area contributed by atoms with Crippen LogP contribution in [0.5, 0.6) is 0 Å². The Balaban J connectivity index is 0.00000364. The summed E-state index contributed by atoms with van der Waals surface area (Å²) in [5.74, 6) is 3.91. The van der Waals surface area contributed by atoms with Gasteiger partial charge >= 0.3 is 0 Å². The van der Waals surface area contributed by atoms with Gasteiger partial charge in [0.2, 0.25) is 0 Å². The summed E-state index contributed by atoms with van der Waals surface area (Å²) in [4.78, 5) is 5.94. The van der Waals surface area contributed by atoms with Gasteiger partial charge in [-0.1, -0.05) is 25.1 Å². The van der Waals surface area contributed by atoms with Gasteiger partial charge in [0.1, 0.15) is 12.2 Å². The van der Waals surface area contributed by atoms with Crippen molar-refractivity contribution in [3.05, 3.63) is 42.5 Å². The van der Waals surface area contributed by atoms with Crippen molar-refractivity contribution in [2.45, 2.75) is 24.8 Å². The first kappa shape index (κ1) is 24.1. The minimum absolute atomic E-state index is 0. The number of rotatable bonds is 11. The van der Waals surface area contributed by atoms with E-state index in [9.17, 15) is 0 Å². The molecule has 0 fully saturated rings. The highest BCUT2D eigenvalue weighted by Crippen LogP contribution is 2.15. The maximum absolute atomic E-state index is 4.64. The molecule has 9 heteroatoms. The summed E-state index contributed by atoms with van der Waals surface area (Å²) in [6.45, 7) is 5.40. The lowest BCUT2D eigenvalue weighted by molar-refractivity contribution is 0.633. The first-order valence-electron chi connectivity index (χ1n) is 8.89. The van der Waals surface area contributed by atoms with Crippen LogP contribution in [0.2, 0.25) is 0 Å². The molecule has 0 saturated carbocycles. The molecule has 0 radical (unpaired) electrons. The summed E-state index contributed by atoms with van der Waals surface area (Å²) in [7, 11) is 0. The second-order valence-corrected chi connectivity index (χ2v) is 7.69. The second kappa shape index (κ2) is 15.0. The number of benzene rings is 1. The highest BCUT2D eigenvalue weighted by Gasteiger charge is 2.03. The lowest BCUT2D eigenvalue weighted by atomic mass is 10.4. The van der Waals surface area contributed by atoms with E-state index in [4.69, 9.17) is 0 Å². The molecule has 1 aromatic heterocycles. The molecule has 0 aliphatic rings. The highest BCUT2D eigenvalue weighted by atomic mass is 127. The van der Waals surface area contributed by atoms with Crippen molar-refractivity contribution in [2.24, 2.45) is 4.99 Å². The zero-order chi connectivity index (χ0) is 18.5. The Bertz CT molecular complexity index is 650. The molecule has 27 heavy (non-hydrogen) atoms. The van der Waals surface area contributed by atoms with E-state index in [2.05, 4.69) is 67.8 Å². The molecule has 0 atom stereocenters. The molecule has 150 valence electrons. The standard InChI is InChI=1S/C18H28N6S2.HI/c1-3-17-23-22-15-24(17)12-9-19-18(20-10-13-25-2)21-11-14-26-16-7-5-4-6-8-16;/h4-8,15H,3,9-14H2,1-2H3,(H2,19,20,21);1H. The van der Waals surface area contributed by atoms with Crippen LogP contribution in [0.15, 0.2) is 46.5 Å². The Morgan fingerprint density at radius 3 is 2.67 bits per heavy atom. The predicted molar refractivity (Wildman–Crippen MR) is 129 cm³/mol. The number of thioether (sulfide) groups is 2. The quantitative estimate of drug-likeness (QED) is 0.156. The summed E-state index contributed by atoms with van der Waals surface area (Å²) in [6, 6.07) is 10.5. The molecule has 0 aliphatic carbocycles. The van der Waals surface area contributed by atoms with Gasteiger partial charge in [-0.25, -0.2) is 0 Å². The van der Waals surface area contributed by atoms with Crippen molar-refractivity contribution in [1.29, 1.82) is 0 Å². The SMILES string of the molecule is CCc1nncn1CCNC(=NCCSC)NCCSc1ccccc1.I. The van der Waals surface area contributed by atoms with Crippen molar-refractivity contribution in [2.75, 3.05) is 37.4 Å². The van der Waals surface area contributed by atoms with E-state index >= 15 is 0 Å². The third-order valence-electron chi connectivity index (χ3n) is 3.63. The molecule has 1 heterocycles. The zero-order valence-corrected chi connectivity index (χ0v) is 19.9. The van der Waals surface area contributed by atoms with E-state index in [0.29, 0.717) is 0 Å². The lowest BCUT2D eigenvalue weighted by Gasteiger charge is -2.13. The Morgan fingerprint density at radius 1 is 1.15 bits per heavy atom. The van der Waals surface area contributed by atoms with Crippen molar-refractivity contribution < 1.29 is 0 Å². The number of nitrogens with one attached hydrogen (secondary N) is 2. The van der Waals surface area contributed by atoms with Gasteiger partial charge in [0, 0.05) is 42.5 Å². The average Bonchev–Trinajstić information content (AvgIpc) is 3.13. The molecule has 2 rings (SSSR count). The number of aryl methyl sites for hydroxylation is 1. The van der Waals surface area contributed by atoms with Crippen molar-refractivity contribution in [3.8, 4) is 0 Å². The first-order valence-corrected chi connectivity index (χ1v) is 11.3. The van der Waals surface area contributed by atoms with Crippen LogP contribution in [0.4, 0.5) is 0 Å². The predicted octanol–water partition coefficient (Wildman–Crippen LogP) is 3.15. The van der Waals surface area contributed by atoms with Crippen LogP contribution < -0.4 is 10.6 Å². The molecular formula is C18H29IN6S2. The Kier molecular flexibility index (Phi) is 13.4. The lowest BCUT2D eigenvalue weighted by Crippen LogP contribution is -2.40. The van der Waals surface area contributed by atoms with Gasteiger partial charge in [0.05, 0.1) is 6.54 Å². The molecular weight excluding hydrogens is 491 g/mol. The van der Waals surface area contributed by atoms with Crippen molar-refractivity contribution >= 4 is 53.5 Å². The first-order chi connectivity index (χ1) is 12.8. The summed E-state index contributed by atoms with van der Waals surface area (Å²) < 4.78 is 2.08. The van der Waals surface area contributed by atoms with E-state index in [1.807, 2.05) is 29.6 Å². The van der Waals surface area contributed by atoms with Crippen molar-refractivity contribution in [3.63, 3.8) is 0 Å². The summed E-state index contributed by atoms with van der Waals surface area (Å²) in [5, 5.41) is 14.9. The number of hydrogen-bond donors (Lipinski definition) is 2. The number of guanidine groups is 1. The van der Waals surface area contributed by atoms with E-state index < -0.39 is 0 Å². The molecule has 2 N–H and O–H groups in total. The summed E-state index contributed by atoms with van der Waals surface area (Å²) in [6.07, 6.45) is 4.78. The fourth-order valence-corrected chi connectivity index (χ4v) is 3.38. The van der Waals surface area contributed by atoms with Gasteiger partial charge in [0.25, 0.3) is 0 Å². The largest absolute Gasteiger partial charge is 0.356 e. The van der Waals surface area contributed by atoms with Gasteiger partial charge in [-0.2, -0.15) is 11.8 Å². The van der Waals surface area contributed by atoms with Crippen LogP contribution in [0.25, 0.3) is 0 Å². The molecule has 0 saturated heterocycles. The highest BCUT2D eigenvalue weighted by molar-refractivity contribution is 14.0. The Morgan fingerprint density at radius 2 is 1.93 bits per heavy atom. The van der Waals surface area contributed by atoms with Crippen LogP contribution in [-0.2, 0) is 13.0 Å². The van der Waals surface area contributed by atoms with Crippen LogP contribution in [0, 0.1) is 0 Å². The molecule has 0 amide bonds. The molecule has 0 aliphatic heterocycles. The number of aliphatic imine (C=N–C) groups is 1. The smallest absolute Gasteiger partial charge is 0.191 e. The molecule has 2 aromatic rings. The zero-order valence-electron chi connectivity index (χ0n) is 15.9.